The number of nitriles is 1. The van der Waals surface area contributed by atoms with E-state index in [0.717, 1.165) is 18.7 Å². The zero-order valence-corrected chi connectivity index (χ0v) is 22.0. The molecule has 4 heteroatoms. The smallest absolute Gasteiger partial charge is 0.261 e. The second-order valence-electron chi connectivity index (χ2n) is 12.7. The molecule has 2 atom stereocenters. The van der Waals surface area contributed by atoms with Gasteiger partial charge in [0.2, 0.25) is 0 Å². The summed E-state index contributed by atoms with van der Waals surface area (Å²) >= 11 is 0. The van der Waals surface area contributed by atoms with Crippen molar-refractivity contribution in [3.05, 3.63) is 57.6 Å². The summed E-state index contributed by atoms with van der Waals surface area (Å²) in [6.07, 6.45) is 7.80. The highest BCUT2D eigenvalue weighted by atomic mass is 16.5. The maximum atomic E-state index is 9.47. The third kappa shape index (κ3) is 4.54. The lowest BCUT2D eigenvalue weighted by atomic mass is 9.69. The summed E-state index contributed by atoms with van der Waals surface area (Å²) in [7, 11) is 0. The van der Waals surface area contributed by atoms with E-state index in [0.29, 0.717) is 12.8 Å². The fourth-order valence-electron chi connectivity index (χ4n) is 5.63. The van der Waals surface area contributed by atoms with Crippen LogP contribution in [0.25, 0.3) is 10.9 Å². The van der Waals surface area contributed by atoms with Crippen molar-refractivity contribution >= 4 is 11.8 Å². The third-order valence-electron chi connectivity index (χ3n) is 8.16. The maximum absolute atomic E-state index is 9.47. The van der Waals surface area contributed by atoms with Crippen LogP contribution in [0.3, 0.4) is 0 Å². The molecule has 0 spiro atoms. The fourth-order valence-corrected chi connectivity index (χ4v) is 5.63. The Balaban J connectivity index is 1.72. The van der Waals surface area contributed by atoms with Gasteiger partial charge in [0.15, 0.2) is 0 Å². The third-order valence-corrected chi connectivity index (χ3v) is 8.16. The summed E-state index contributed by atoms with van der Waals surface area (Å²) in [5, 5.41) is 9.47. The average Bonchev–Trinajstić information content (AvgIpc) is 2.76. The number of rotatable bonds is 2. The van der Waals surface area contributed by atoms with E-state index < -0.39 is 0 Å². The van der Waals surface area contributed by atoms with E-state index in [1.54, 1.807) is 0 Å². The van der Waals surface area contributed by atoms with Crippen LogP contribution >= 0.6 is 0 Å². The summed E-state index contributed by atoms with van der Waals surface area (Å²) in [5.74, 6) is 0. The van der Waals surface area contributed by atoms with Crippen LogP contribution in [0.2, 0.25) is 0 Å². The number of benzene rings is 1. The summed E-state index contributed by atoms with van der Waals surface area (Å²) in [6, 6.07) is 6.86. The van der Waals surface area contributed by atoms with Crippen LogP contribution in [-0.4, -0.2) is 25.3 Å². The summed E-state index contributed by atoms with van der Waals surface area (Å²) in [5.41, 5.74) is 7.02. The number of anilines is 1. The van der Waals surface area contributed by atoms with Crippen LogP contribution in [0.1, 0.15) is 90.8 Å². The standard InChI is InChI=1S/C30H39N3O/c1-28(2,3)26-18-21(25(19-31)32-8)17-22(34-26)10-9-20-15-23-27-24(16-20)30(6,7)12-14-33(27)13-11-29(23,4)5/h9-10,15-16,22,26H,11-14,17-18H2,1-7H3. The molecule has 0 N–H and O–H groups in total. The Labute approximate surface area is 206 Å². The molecule has 3 aliphatic rings. The molecule has 2 unspecified atom stereocenters. The first kappa shape index (κ1) is 24.6. The molecule has 0 saturated carbocycles. The van der Waals surface area contributed by atoms with Gasteiger partial charge in [-0.1, -0.05) is 60.6 Å². The molecule has 1 aromatic carbocycles. The van der Waals surface area contributed by atoms with Gasteiger partial charge in [-0.05, 0) is 76.3 Å². The lowest BCUT2D eigenvalue weighted by Crippen LogP contribution is -2.44. The molecule has 0 aromatic heterocycles. The monoisotopic (exact) mass is 457 g/mol. The highest BCUT2D eigenvalue weighted by molar-refractivity contribution is 5.71. The number of ether oxygens (including phenoxy) is 1. The molecule has 34 heavy (non-hydrogen) atoms. The highest BCUT2D eigenvalue weighted by Gasteiger charge is 2.40. The van der Waals surface area contributed by atoms with E-state index in [2.05, 4.69) is 88.6 Å². The number of hydrogen-bond donors (Lipinski definition) is 0. The van der Waals surface area contributed by atoms with E-state index in [-0.39, 0.29) is 34.1 Å². The highest BCUT2D eigenvalue weighted by Crippen LogP contribution is 2.49. The molecular weight excluding hydrogens is 418 g/mol. The molecule has 0 radical (unpaired) electrons. The molecule has 0 aliphatic carbocycles. The molecule has 180 valence electrons. The number of hydrogen-bond acceptors (Lipinski definition) is 3. The average molecular weight is 458 g/mol. The minimum atomic E-state index is -0.136. The first-order valence-corrected chi connectivity index (χ1v) is 12.6. The molecule has 4 rings (SSSR count). The Morgan fingerprint density at radius 3 is 2.21 bits per heavy atom. The van der Waals surface area contributed by atoms with E-state index in [1.165, 1.54) is 35.2 Å². The summed E-state index contributed by atoms with van der Waals surface area (Å²) in [6.45, 7) is 25.7. The first-order chi connectivity index (χ1) is 15.9. The van der Waals surface area contributed by atoms with Gasteiger partial charge in [0.25, 0.3) is 5.70 Å². The van der Waals surface area contributed by atoms with Gasteiger partial charge in [-0.25, -0.2) is 10.1 Å². The zero-order valence-electron chi connectivity index (χ0n) is 22.0. The van der Waals surface area contributed by atoms with Crippen molar-refractivity contribution in [2.45, 2.75) is 97.2 Å². The first-order valence-electron chi connectivity index (χ1n) is 12.6. The van der Waals surface area contributed by atoms with Crippen molar-refractivity contribution in [3.8, 4) is 6.07 Å². The van der Waals surface area contributed by atoms with Crippen molar-refractivity contribution in [2.24, 2.45) is 5.41 Å². The molecule has 4 nitrogen and oxygen atoms in total. The van der Waals surface area contributed by atoms with Crippen LogP contribution in [0.4, 0.5) is 5.69 Å². The number of nitrogens with zero attached hydrogens (tertiary/aromatic N) is 3. The van der Waals surface area contributed by atoms with Crippen LogP contribution in [0, 0.1) is 23.3 Å². The van der Waals surface area contributed by atoms with Crippen LogP contribution < -0.4 is 4.90 Å². The van der Waals surface area contributed by atoms with Crippen molar-refractivity contribution in [3.63, 3.8) is 0 Å². The van der Waals surface area contributed by atoms with Crippen molar-refractivity contribution in [1.29, 1.82) is 5.26 Å². The Morgan fingerprint density at radius 2 is 1.71 bits per heavy atom. The minimum absolute atomic E-state index is 0.0212. The molecule has 0 amide bonds. The Bertz CT molecular complexity index is 1060. The van der Waals surface area contributed by atoms with Gasteiger partial charge in [-0.2, -0.15) is 0 Å². The van der Waals surface area contributed by atoms with Crippen LogP contribution in [0.5, 0.6) is 0 Å². The van der Waals surface area contributed by atoms with Crippen LogP contribution in [0.15, 0.2) is 29.5 Å². The Morgan fingerprint density at radius 1 is 1.12 bits per heavy atom. The predicted octanol–water partition coefficient (Wildman–Crippen LogP) is 7.16. The maximum Gasteiger partial charge on any atom is 0.261 e. The predicted molar refractivity (Wildman–Crippen MR) is 140 cm³/mol. The Kier molecular flexibility index (Phi) is 6.20. The summed E-state index contributed by atoms with van der Waals surface area (Å²) < 4.78 is 6.48. The quantitative estimate of drug-likeness (QED) is 0.349. The van der Waals surface area contributed by atoms with Crippen molar-refractivity contribution in [2.75, 3.05) is 18.0 Å². The fraction of sp³-hybridized carbons (Fsp3) is 0.600. The van der Waals surface area contributed by atoms with Crippen molar-refractivity contribution in [1.82, 2.24) is 0 Å². The number of allylic oxidation sites excluding steroid dienone is 1. The largest absolute Gasteiger partial charge is 0.371 e. The molecule has 3 heterocycles. The molecule has 1 fully saturated rings. The van der Waals surface area contributed by atoms with E-state index in [1.807, 2.05) is 0 Å². The zero-order chi connectivity index (χ0) is 24.9. The molecule has 1 saturated heterocycles. The molecule has 1 aromatic rings. The molecule has 0 bridgehead atoms. The second kappa shape index (κ2) is 8.58. The SMILES string of the molecule is [C-]#[N+]C(C#N)=C1CC(C=Cc2cc3c4c(c2)C(C)(C)CCN4CCC3(C)C)OC(C(C)(C)C)C1. The normalized spacial score (nSPS) is 27.0. The van der Waals surface area contributed by atoms with Gasteiger partial charge in [0.1, 0.15) is 0 Å². The topological polar surface area (TPSA) is 40.6 Å². The Hall–Kier alpha value is -2.56. The van der Waals surface area contributed by atoms with Gasteiger partial charge in [0, 0.05) is 18.8 Å². The van der Waals surface area contributed by atoms with Crippen molar-refractivity contribution < 1.29 is 4.74 Å². The van der Waals surface area contributed by atoms with Gasteiger partial charge in [0.05, 0.1) is 24.8 Å². The second-order valence-corrected chi connectivity index (χ2v) is 12.7. The summed E-state index contributed by atoms with van der Waals surface area (Å²) in [4.78, 5) is 6.09. The van der Waals surface area contributed by atoms with Crippen LogP contribution in [-0.2, 0) is 15.6 Å². The molecular formula is C30H39N3O. The van der Waals surface area contributed by atoms with E-state index in [4.69, 9.17) is 11.3 Å². The van der Waals surface area contributed by atoms with E-state index in [9.17, 15) is 5.26 Å². The van der Waals surface area contributed by atoms with Gasteiger partial charge >= 0.3 is 0 Å². The van der Waals surface area contributed by atoms with E-state index >= 15 is 0 Å². The van der Waals surface area contributed by atoms with Gasteiger partial charge < -0.3 is 9.64 Å². The van der Waals surface area contributed by atoms with Gasteiger partial charge in [-0.15, -0.1) is 0 Å². The van der Waals surface area contributed by atoms with Gasteiger partial charge in [-0.3, -0.25) is 0 Å². The minimum Gasteiger partial charge on any atom is -0.371 e. The lowest BCUT2D eigenvalue weighted by Gasteiger charge is -2.48. The lowest BCUT2D eigenvalue weighted by molar-refractivity contribution is -0.0630. The molecule has 3 aliphatic heterocycles.